The molecule has 0 bridgehead atoms. The average molecular weight is 226 g/mol. The van der Waals surface area contributed by atoms with Gasteiger partial charge in [0.15, 0.2) is 0 Å². The number of rotatable bonds is 6. The molecule has 0 aromatic heterocycles. The number of carboxylic acid groups (broad SMARTS) is 1. The number of nitrogens with one attached hydrogen (secondary N) is 2. The van der Waals surface area contributed by atoms with Crippen molar-refractivity contribution in [2.24, 2.45) is 5.41 Å². The monoisotopic (exact) mass is 226 g/mol. The van der Waals surface area contributed by atoms with Crippen LogP contribution in [0.15, 0.2) is 0 Å². The van der Waals surface area contributed by atoms with Gasteiger partial charge in [0.1, 0.15) is 0 Å². The molecule has 0 aromatic carbocycles. The molecule has 5 heteroatoms. The van der Waals surface area contributed by atoms with Crippen molar-refractivity contribution in [3.05, 3.63) is 0 Å². The van der Waals surface area contributed by atoms with E-state index in [0.29, 0.717) is 25.4 Å². The van der Waals surface area contributed by atoms with Crippen molar-refractivity contribution < 1.29 is 14.7 Å². The van der Waals surface area contributed by atoms with Gasteiger partial charge in [-0.2, -0.15) is 0 Å². The van der Waals surface area contributed by atoms with Crippen molar-refractivity contribution in [3.8, 4) is 0 Å². The molecule has 2 aliphatic rings. The van der Waals surface area contributed by atoms with Gasteiger partial charge in [-0.05, 0) is 25.7 Å². The van der Waals surface area contributed by atoms with Gasteiger partial charge in [0.2, 0.25) is 5.91 Å². The zero-order chi connectivity index (χ0) is 11.6. The molecule has 0 atom stereocenters. The maximum atomic E-state index is 11.4. The van der Waals surface area contributed by atoms with Crippen molar-refractivity contribution in [2.45, 2.75) is 38.1 Å². The fourth-order valence-corrected chi connectivity index (χ4v) is 1.92. The molecule has 0 aliphatic heterocycles. The van der Waals surface area contributed by atoms with Crippen molar-refractivity contribution in [1.29, 1.82) is 0 Å². The van der Waals surface area contributed by atoms with Gasteiger partial charge < -0.3 is 15.7 Å². The highest BCUT2D eigenvalue weighted by Crippen LogP contribution is 2.40. The molecular formula is C11H18N2O3. The van der Waals surface area contributed by atoms with Gasteiger partial charge in [-0.3, -0.25) is 9.59 Å². The van der Waals surface area contributed by atoms with Crippen LogP contribution in [0.2, 0.25) is 0 Å². The zero-order valence-electron chi connectivity index (χ0n) is 9.29. The fraction of sp³-hybridized carbons (Fsp3) is 0.818. The average Bonchev–Trinajstić information content (AvgIpc) is 2.95. The molecule has 2 fully saturated rings. The van der Waals surface area contributed by atoms with Crippen LogP contribution in [-0.2, 0) is 9.59 Å². The summed E-state index contributed by atoms with van der Waals surface area (Å²) < 4.78 is 0. The summed E-state index contributed by atoms with van der Waals surface area (Å²) in [4.78, 5) is 22.4. The fourth-order valence-electron chi connectivity index (χ4n) is 1.92. The van der Waals surface area contributed by atoms with Crippen LogP contribution >= 0.6 is 0 Å². The third-order valence-electron chi connectivity index (χ3n) is 3.52. The minimum Gasteiger partial charge on any atom is -0.481 e. The van der Waals surface area contributed by atoms with E-state index in [1.54, 1.807) is 0 Å². The van der Waals surface area contributed by atoms with E-state index in [1.165, 1.54) is 0 Å². The highest BCUT2D eigenvalue weighted by molar-refractivity contribution is 5.80. The number of aliphatic carboxylic acids is 1. The van der Waals surface area contributed by atoms with E-state index in [4.69, 9.17) is 5.11 Å². The summed E-state index contributed by atoms with van der Waals surface area (Å²) in [5, 5.41) is 14.9. The van der Waals surface area contributed by atoms with Crippen LogP contribution in [0.3, 0.4) is 0 Å². The highest BCUT2D eigenvalue weighted by Gasteiger charge is 2.44. The van der Waals surface area contributed by atoms with Crippen LogP contribution in [0, 0.1) is 5.41 Å². The number of carbonyl (C=O) groups is 2. The van der Waals surface area contributed by atoms with E-state index >= 15 is 0 Å². The molecule has 3 N–H and O–H groups in total. The second-order valence-electron chi connectivity index (χ2n) is 4.87. The number of carbonyl (C=O) groups excluding carboxylic acids is 1. The molecule has 0 saturated heterocycles. The molecule has 0 spiro atoms. The van der Waals surface area contributed by atoms with Gasteiger partial charge in [-0.25, -0.2) is 0 Å². The van der Waals surface area contributed by atoms with Crippen LogP contribution in [0.25, 0.3) is 0 Å². The second-order valence-corrected chi connectivity index (χ2v) is 4.87. The minimum atomic E-state index is -0.783. The van der Waals surface area contributed by atoms with Gasteiger partial charge in [0, 0.05) is 12.6 Å². The lowest BCUT2D eigenvalue weighted by Crippen LogP contribution is -2.49. The number of carboxylic acids is 1. The summed E-state index contributed by atoms with van der Waals surface area (Å²) in [5.41, 5.74) is -0.685. The zero-order valence-corrected chi connectivity index (χ0v) is 9.29. The van der Waals surface area contributed by atoms with E-state index in [1.807, 2.05) is 0 Å². The predicted octanol–water partition coefficient (Wildman–Crippen LogP) is 0.109. The Hall–Kier alpha value is -1.10. The van der Waals surface area contributed by atoms with E-state index in [2.05, 4.69) is 10.6 Å². The van der Waals surface area contributed by atoms with Gasteiger partial charge in [-0.1, -0.05) is 6.42 Å². The SMILES string of the molecule is O=C(CNC1CC1)NCC1(C(=O)O)CCC1. The molecule has 1 amide bonds. The molecule has 0 radical (unpaired) electrons. The van der Waals surface area contributed by atoms with E-state index in [-0.39, 0.29) is 12.5 Å². The number of hydrogen-bond acceptors (Lipinski definition) is 3. The molecule has 90 valence electrons. The van der Waals surface area contributed by atoms with E-state index in [0.717, 1.165) is 19.3 Å². The molecule has 2 rings (SSSR count). The lowest BCUT2D eigenvalue weighted by molar-refractivity contribution is -0.154. The van der Waals surface area contributed by atoms with E-state index in [9.17, 15) is 9.59 Å². The molecule has 16 heavy (non-hydrogen) atoms. The Morgan fingerprint density at radius 2 is 2.00 bits per heavy atom. The topological polar surface area (TPSA) is 78.4 Å². The number of amides is 1. The van der Waals surface area contributed by atoms with Crippen LogP contribution in [0.1, 0.15) is 32.1 Å². The van der Waals surface area contributed by atoms with Crippen LogP contribution in [0.4, 0.5) is 0 Å². The van der Waals surface area contributed by atoms with Gasteiger partial charge >= 0.3 is 5.97 Å². The Balaban J connectivity index is 1.68. The Kier molecular flexibility index (Phi) is 3.14. The van der Waals surface area contributed by atoms with Crippen molar-refractivity contribution >= 4 is 11.9 Å². The third-order valence-corrected chi connectivity index (χ3v) is 3.52. The molecule has 2 saturated carbocycles. The lowest BCUT2D eigenvalue weighted by atomic mass is 9.69. The summed E-state index contributed by atoms with van der Waals surface area (Å²) in [7, 11) is 0. The summed E-state index contributed by atoms with van der Waals surface area (Å²) in [6, 6.07) is 0.503. The van der Waals surface area contributed by atoms with Gasteiger partial charge in [-0.15, -0.1) is 0 Å². The first-order valence-corrected chi connectivity index (χ1v) is 5.86. The number of hydrogen-bond donors (Lipinski definition) is 3. The lowest BCUT2D eigenvalue weighted by Gasteiger charge is -2.37. The van der Waals surface area contributed by atoms with Crippen LogP contribution < -0.4 is 10.6 Å². The Labute approximate surface area is 94.6 Å². The maximum Gasteiger partial charge on any atom is 0.311 e. The Morgan fingerprint density at radius 3 is 2.44 bits per heavy atom. The highest BCUT2D eigenvalue weighted by atomic mass is 16.4. The standard InChI is InChI=1S/C11H18N2O3/c14-9(6-12-8-2-3-8)13-7-11(10(15)16)4-1-5-11/h8,12H,1-7H2,(H,13,14)(H,15,16). The summed E-state index contributed by atoms with van der Waals surface area (Å²) >= 11 is 0. The van der Waals surface area contributed by atoms with Crippen LogP contribution in [0.5, 0.6) is 0 Å². The first-order valence-electron chi connectivity index (χ1n) is 5.86. The van der Waals surface area contributed by atoms with Crippen molar-refractivity contribution in [1.82, 2.24) is 10.6 Å². The second kappa shape index (κ2) is 4.41. The third kappa shape index (κ3) is 2.52. The van der Waals surface area contributed by atoms with Gasteiger partial charge in [0.25, 0.3) is 0 Å². The first-order chi connectivity index (χ1) is 7.62. The van der Waals surface area contributed by atoms with Gasteiger partial charge in [0.05, 0.1) is 12.0 Å². The predicted molar refractivity (Wildman–Crippen MR) is 58.0 cm³/mol. The molecular weight excluding hydrogens is 208 g/mol. The molecule has 0 unspecified atom stereocenters. The normalized spacial score (nSPS) is 22.2. The molecule has 0 heterocycles. The molecule has 2 aliphatic carbocycles. The summed E-state index contributed by atoms with van der Waals surface area (Å²) in [5.74, 6) is -0.881. The Bertz CT molecular complexity index is 296. The minimum absolute atomic E-state index is 0.0978. The van der Waals surface area contributed by atoms with Crippen molar-refractivity contribution in [2.75, 3.05) is 13.1 Å². The van der Waals surface area contributed by atoms with Crippen molar-refractivity contribution in [3.63, 3.8) is 0 Å². The molecule has 5 nitrogen and oxygen atoms in total. The summed E-state index contributed by atoms with van der Waals surface area (Å²) in [6.45, 7) is 0.577. The van der Waals surface area contributed by atoms with Crippen LogP contribution in [-0.4, -0.2) is 36.1 Å². The first kappa shape index (κ1) is 11.4. The maximum absolute atomic E-state index is 11.4. The largest absolute Gasteiger partial charge is 0.481 e. The molecule has 0 aromatic rings. The summed E-state index contributed by atoms with van der Waals surface area (Å²) in [6.07, 6.45) is 4.60. The quantitative estimate of drug-likeness (QED) is 0.600. The van der Waals surface area contributed by atoms with E-state index < -0.39 is 11.4 Å². The smallest absolute Gasteiger partial charge is 0.311 e. The Morgan fingerprint density at radius 1 is 1.31 bits per heavy atom.